The van der Waals surface area contributed by atoms with Crippen molar-refractivity contribution in [3.63, 3.8) is 0 Å². The molecule has 0 radical (unpaired) electrons. The topological polar surface area (TPSA) is 51.0 Å². The number of hydrogen-bond acceptors (Lipinski definition) is 4. The van der Waals surface area contributed by atoms with Gasteiger partial charge in [-0.3, -0.25) is 4.99 Å². The fourth-order valence-electron chi connectivity index (χ4n) is 3.12. The van der Waals surface area contributed by atoms with E-state index in [0.29, 0.717) is 41.6 Å². The summed E-state index contributed by atoms with van der Waals surface area (Å²) in [4.78, 5) is 4.25. The van der Waals surface area contributed by atoms with E-state index >= 15 is 0 Å². The van der Waals surface area contributed by atoms with Gasteiger partial charge in [-0.25, -0.2) is 4.39 Å². The molecule has 0 aromatic heterocycles. The summed E-state index contributed by atoms with van der Waals surface area (Å²) in [6.07, 6.45) is 1.58. The Hall–Kier alpha value is -3.60. The van der Waals surface area contributed by atoms with Crippen molar-refractivity contribution in [1.29, 1.82) is 0 Å². The van der Waals surface area contributed by atoms with E-state index < -0.39 is 0 Å². The van der Waals surface area contributed by atoms with Crippen molar-refractivity contribution in [3.8, 4) is 17.2 Å². The fourth-order valence-corrected chi connectivity index (χ4v) is 3.12. The first-order valence-electron chi connectivity index (χ1n) is 10.1. The molecule has 0 amide bonds. The Balaban J connectivity index is 1.63. The third kappa shape index (κ3) is 5.95. The van der Waals surface area contributed by atoms with Crippen LogP contribution in [0.4, 0.5) is 4.39 Å². The summed E-state index contributed by atoms with van der Waals surface area (Å²) >= 11 is 0. The smallest absolute Gasteiger partial charge is 0.146 e. The molecule has 0 unspecified atom stereocenters. The van der Waals surface area contributed by atoms with Crippen molar-refractivity contribution >= 4 is 5.71 Å². The van der Waals surface area contributed by atoms with Crippen LogP contribution in [0.25, 0.3) is 0 Å². The lowest BCUT2D eigenvalue weighted by molar-refractivity contribution is 0.320. The lowest BCUT2D eigenvalue weighted by Crippen LogP contribution is -2.10. The summed E-state index contributed by atoms with van der Waals surface area (Å²) in [5.41, 5.74) is 3.15. The first-order valence-corrected chi connectivity index (χ1v) is 10.1. The number of allylic oxidation sites excluding steroid dienone is 1. The Morgan fingerprint density at radius 1 is 0.968 bits per heavy atom. The van der Waals surface area contributed by atoms with Crippen molar-refractivity contribution < 1.29 is 19.0 Å². The zero-order valence-corrected chi connectivity index (χ0v) is 17.8. The highest BCUT2D eigenvalue weighted by Crippen LogP contribution is 2.27. The zero-order chi connectivity index (χ0) is 22.2. The molecule has 3 aromatic carbocycles. The summed E-state index contributed by atoms with van der Waals surface area (Å²) in [6, 6.07) is 19.1. The maximum absolute atomic E-state index is 13.0. The molecule has 31 heavy (non-hydrogen) atoms. The van der Waals surface area contributed by atoms with Crippen LogP contribution in [0.3, 0.4) is 0 Å². The zero-order valence-electron chi connectivity index (χ0n) is 17.8. The van der Waals surface area contributed by atoms with Gasteiger partial charge in [0.2, 0.25) is 0 Å². The van der Waals surface area contributed by atoms with Crippen molar-refractivity contribution in [1.82, 2.24) is 0 Å². The molecule has 4 nitrogen and oxygen atoms in total. The van der Waals surface area contributed by atoms with Gasteiger partial charge in [0.25, 0.3) is 0 Å². The minimum Gasteiger partial charge on any atom is -0.507 e. The Morgan fingerprint density at radius 2 is 1.61 bits per heavy atom. The Bertz CT molecular complexity index is 1060. The Labute approximate surface area is 182 Å². The number of halogens is 1. The number of benzene rings is 3. The van der Waals surface area contributed by atoms with Gasteiger partial charge >= 0.3 is 0 Å². The SMILES string of the molecule is C=C(Oc1ccc(CC)cc1)C(=NC)c1ccc(OCCc2ccc(F)cc2)cc1O. The van der Waals surface area contributed by atoms with Gasteiger partial charge in [0.15, 0.2) is 0 Å². The Morgan fingerprint density at radius 3 is 2.23 bits per heavy atom. The molecule has 5 heteroatoms. The van der Waals surface area contributed by atoms with Gasteiger partial charge in [-0.2, -0.15) is 0 Å². The molecule has 0 saturated heterocycles. The molecule has 0 aliphatic heterocycles. The minimum absolute atomic E-state index is 0.0194. The first-order chi connectivity index (χ1) is 15.0. The van der Waals surface area contributed by atoms with Crippen LogP contribution in [0.5, 0.6) is 17.2 Å². The second-order valence-corrected chi connectivity index (χ2v) is 7.00. The molecule has 0 spiro atoms. The van der Waals surface area contributed by atoms with E-state index in [4.69, 9.17) is 9.47 Å². The second kappa shape index (κ2) is 10.4. The number of hydrogen-bond donors (Lipinski definition) is 1. The molecule has 0 saturated carbocycles. The quantitative estimate of drug-likeness (QED) is 0.356. The summed E-state index contributed by atoms with van der Waals surface area (Å²) < 4.78 is 24.5. The average molecular weight is 419 g/mol. The largest absolute Gasteiger partial charge is 0.507 e. The van der Waals surface area contributed by atoms with Crippen molar-refractivity contribution in [3.05, 3.63) is 102 Å². The van der Waals surface area contributed by atoms with E-state index in [1.54, 1.807) is 31.3 Å². The van der Waals surface area contributed by atoms with Crippen molar-refractivity contribution in [2.45, 2.75) is 19.8 Å². The van der Waals surface area contributed by atoms with Gasteiger partial charge < -0.3 is 14.6 Å². The molecule has 160 valence electrons. The van der Waals surface area contributed by atoms with Crippen LogP contribution in [0.2, 0.25) is 0 Å². The second-order valence-electron chi connectivity index (χ2n) is 7.00. The number of phenols is 1. The van der Waals surface area contributed by atoms with Crippen molar-refractivity contribution in [2.24, 2.45) is 4.99 Å². The van der Waals surface area contributed by atoms with Gasteiger partial charge in [-0.15, -0.1) is 0 Å². The molecule has 0 atom stereocenters. The first kappa shape index (κ1) is 22.1. The molecular weight excluding hydrogens is 393 g/mol. The monoisotopic (exact) mass is 419 g/mol. The minimum atomic E-state index is -0.262. The lowest BCUT2D eigenvalue weighted by Gasteiger charge is -2.14. The summed E-state index contributed by atoms with van der Waals surface area (Å²) in [6.45, 7) is 6.47. The fraction of sp³-hybridized carbons (Fsp3) is 0.192. The van der Waals surface area contributed by atoms with E-state index in [0.717, 1.165) is 12.0 Å². The molecule has 3 rings (SSSR count). The lowest BCUT2D eigenvalue weighted by atomic mass is 10.1. The average Bonchev–Trinajstić information content (AvgIpc) is 2.77. The van der Waals surface area contributed by atoms with Gasteiger partial charge in [0, 0.05) is 25.1 Å². The summed E-state index contributed by atoms with van der Waals surface area (Å²) in [5.74, 6) is 1.28. The molecule has 0 heterocycles. The van der Waals surface area contributed by atoms with Crippen LogP contribution in [-0.4, -0.2) is 24.5 Å². The highest BCUT2D eigenvalue weighted by Gasteiger charge is 2.15. The molecule has 0 aliphatic carbocycles. The molecule has 0 fully saturated rings. The van der Waals surface area contributed by atoms with E-state index in [-0.39, 0.29) is 11.6 Å². The van der Waals surface area contributed by atoms with E-state index in [2.05, 4.69) is 18.5 Å². The van der Waals surface area contributed by atoms with Crippen LogP contribution in [0, 0.1) is 5.82 Å². The van der Waals surface area contributed by atoms with E-state index in [1.165, 1.54) is 23.8 Å². The number of ether oxygens (including phenoxy) is 2. The third-order valence-corrected chi connectivity index (χ3v) is 4.86. The number of aliphatic imine (C=N–C) groups is 1. The number of aryl methyl sites for hydroxylation is 1. The number of aromatic hydroxyl groups is 1. The van der Waals surface area contributed by atoms with Crippen molar-refractivity contribution in [2.75, 3.05) is 13.7 Å². The van der Waals surface area contributed by atoms with E-state index in [9.17, 15) is 9.50 Å². The van der Waals surface area contributed by atoms with Crippen LogP contribution >= 0.6 is 0 Å². The maximum Gasteiger partial charge on any atom is 0.146 e. The Kier molecular flexibility index (Phi) is 7.44. The van der Waals surface area contributed by atoms with Gasteiger partial charge in [-0.1, -0.05) is 37.8 Å². The molecular formula is C26H26FNO3. The molecule has 0 bridgehead atoms. The predicted molar refractivity (Wildman–Crippen MR) is 122 cm³/mol. The van der Waals surface area contributed by atoms with Gasteiger partial charge in [0.05, 0.1) is 6.61 Å². The van der Waals surface area contributed by atoms with E-state index in [1.807, 2.05) is 24.3 Å². The highest BCUT2D eigenvalue weighted by molar-refractivity contribution is 6.12. The standard InChI is InChI=1S/C26H26FNO3/c1-4-19-7-11-22(12-8-19)31-18(2)26(28-3)24-14-13-23(17-25(24)29)30-16-15-20-5-9-21(27)10-6-20/h5-14,17,29H,2,4,15-16H2,1,3H3. The highest BCUT2D eigenvalue weighted by atomic mass is 19.1. The van der Waals surface area contributed by atoms with Crippen LogP contribution < -0.4 is 9.47 Å². The summed E-state index contributed by atoms with van der Waals surface area (Å²) in [7, 11) is 1.62. The normalized spacial score (nSPS) is 11.3. The number of phenolic OH excluding ortho intramolecular Hbond substituents is 1. The molecule has 1 N–H and O–H groups in total. The number of nitrogens with zero attached hydrogens (tertiary/aromatic N) is 1. The molecule has 3 aromatic rings. The van der Waals surface area contributed by atoms with Crippen LogP contribution in [-0.2, 0) is 12.8 Å². The van der Waals surface area contributed by atoms with Gasteiger partial charge in [0.1, 0.15) is 34.5 Å². The van der Waals surface area contributed by atoms with Gasteiger partial charge in [-0.05, 0) is 53.9 Å². The third-order valence-electron chi connectivity index (χ3n) is 4.86. The van der Waals surface area contributed by atoms with Crippen LogP contribution in [0.1, 0.15) is 23.6 Å². The molecule has 0 aliphatic rings. The number of rotatable bonds is 9. The predicted octanol–water partition coefficient (Wildman–Crippen LogP) is 5.73. The van der Waals surface area contributed by atoms with Crippen LogP contribution in [0.15, 0.2) is 84.1 Å². The summed E-state index contributed by atoms with van der Waals surface area (Å²) in [5, 5.41) is 10.5. The maximum atomic E-state index is 13.0.